The molecule has 0 spiro atoms. The molecule has 1 aromatic carbocycles. The Hall–Kier alpha value is -2.70. The van der Waals surface area contributed by atoms with Crippen LogP contribution in [0.15, 0.2) is 42.7 Å². The molecule has 126 valence electrons. The van der Waals surface area contributed by atoms with Crippen molar-refractivity contribution in [3.63, 3.8) is 0 Å². The smallest absolute Gasteiger partial charge is 0.387 e. The van der Waals surface area contributed by atoms with Crippen LogP contribution < -0.4 is 14.8 Å². The standard InChI is InChI=1S/C17H16F2N2O3/c18-17(19)24-14-4-3-12(9-15(14)23-10-11-1-2-11)16(22)21-13-5-7-20-8-6-13/h3-9,11,17H,1-2,10H2,(H,20,21,22). The first-order valence-corrected chi connectivity index (χ1v) is 7.55. The van der Waals surface area contributed by atoms with E-state index in [0.717, 1.165) is 12.8 Å². The number of halogens is 2. The molecule has 2 aromatic rings. The number of hydrogen-bond acceptors (Lipinski definition) is 4. The molecule has 24 heavy (non-hydrogen) atoms. The maximum Gasteiger partial charge on any atom is 0.387 e. The van der Waals surface area contributed by atoms with Crippen molar-refractivity contribution in [1.82, 2.24) is 4.98 Å². The van der Waals surface area contributed by atoms with Gasteiger partial charge in [-0.05, 0) is 49.1 Å². The van der Waals surface area contributed by atoms with E-state index < -0.39 is 6.61 Å². The van der Waals surface area contributed by atoms with E-state index in [0.29, 0.717) is 23.8 Å². The third-order valence-electron chi connectivity index (χ3n) is 3.53. The van der Waals surface area contributed by atoms with Crippen LogP contribution in [0, 0.1) is 5.92 Å². The van der Waals surface area contributed by atoms with Gasteiger partial charge in [0.1, 0.15) is 0 Å². The molecular formula is C17H16F2N2O3. The number of amides is 1. The number of carbonyl (C=O) groups is 1. The number of hydrogen-bond donors (Lipinski definition) is 1. The number of aromatic nitrogens is 1. The van der Waals surface area contributed by atoms with Crippen LogP contribution >= 0.6 is 0 Å². The largest absolute Gasteiger partial charge is 0.489 e. The van der Waals surface area contributed by atoms with Crippen LogP contribution in [0.2, 0.25) is 0 Å². The number of pyridine rings is 1. The maximum atomic E-state index is 12.5. The Balaban J connectivity index is 1.76. The molecule has 0 atom stereocenters. The fraction of sp³-hybridized carbons (Fsp3) is 0.294. The average molecular weight is 334 g/mol. The van der Waals surface area contributed by atoms with Crippen molar-refractivity contribution in [2.24, 2.45) is 5.92 Å². The van der Waals surface area contributed by atoms with Crippen molar-refractivity contribution < 1.29 is 23.0 Å². The molecule has 5 nitrogen and oxygen atoms in total. The van der Waals surface area contributed by atoms with Crippen LogP contribution in [-0.2, 0) is 0 Å². The van der Waals surface area contributed by atoms with E-state index in [-0.39, 0.29) is 17.4 Å². The first-order valence-electron chi connectivity index (χ1n) is 7.55. The number of alkyl halides is 2. The fourth-order valence-corrected chi connectivity index (χ4v) is 2.09. The molecule has 0 unspecified atom stereocenters. The summed E-state index contributed by atoms with van der Waals surface area (Å²) in [5.74, 6) is 0.135. The summed E-state index contributed by atoms with van der Waals surface area (Å²) in [5, 5.41) is 2.70. The molecule has 3 rings (SSSR count). The van der Waals surface area contributed by atoms with Crippen molar-refractivity contribution in [2.75, 3.05) is 11.9 Å². The number of benzene rings is 1. The third-order valence-corrected chi connectivity index (χ3v) is 3.53. The van der Waals surface area contributed by atoms with Gasteiger partial charge < -0.3 is 14.8 Å². The lowest BCUT2D eigenvalue weighted by Gasteiger charge is -2.13. The number of nitrogens with one attached hydrogen (secondary N) is 1. The molecule has 0 saturated heterocycles. The summed E-state index contributed by atoms with van der Waals surface area (Å²) < 4.78 is 35.0. The molecule has 7 heteroatoms. The zero-order chi connectivity index (χ0) is 16.9. The van der Waals surface area contributed by atoms with Crippen molar-refractivity contribution in [3.8, 4) is 11.5 Å². The van der Waals surface area contributed by atoms with E-state index in [1.54, 1.807) is 24.5 Å². The minimum atomic E-state index is -2.95. The second kappa shape index (κ2) is 7.25. The average Bonchev–Trinajstić information content (AvgIpc) is 3.38. The molecule has 1 fully saturated rings. The topological polar surface area (TPSA) is 60.5 Å². The number of rotatable bonds is 7. The Bertz CT molecular complexity index is 706. The van der Waals surface area contributed by atoms with Crippen LogP contribution in [0.1, 0.15) is 23.2 Å². The van der Waals surface area contributed by atoms with Crippen molar-refractivity contribution in [2.45, 2.75) is 19.5 Å². The Morgan fingerprint density at radius 3 is 2.62 bits per heavy atom. The summed E-state index contributed by atoms with van der Waals surface area (Å²) in [4.78, 5) is 16.1. The highest BCUT2D eigenvalue weighted by Crippen LogP contribution is 2.34. The van der Waals surface area contributed by atoms with Crippen LogP contribution in [0.5, 0.6) is 11.5 Å². The molecule has 1 aliphatic rings. The van der Waals surface area contributed by atoms with Gasteiger partial charge in [0, 0.05) is 23.6 Å². The predicted molar refractivity (Wildman–Crippen MR) is 83.5 cm³/mol. The molecule has 1 aliphatic carbocycles. The van der Waals surface area contributed by atoms with Crippen LogP contribution in [0.3, 0.4) is 0 Å². The lowest BCUT2D eigenvalue weighted by molar-refractivity contribution is -0.0515. The highest BCUT2D eigenvalue weighted by Gasteiger charge is 2.23. The van der Waals surface area contributed by atoms with E-state index >= 15 is 0 Å². The quantitative estimate of drug-likeness (QED) is 0.838. The number of carbonyl (C=O) groups excluding carboxylic acids is 1. The van der Waals surface area contributed by atoms with Crippen LogP contribution in [0.4, 0.5) is 14.5 Å². The molecule has 1 amide bonds. The Kier molecular flexibility index (Phi) is 4.88. The van der Waals surface area contributed by atoms with E-state index in [9.17, 15) is 13.6 Å². The van der Waals surface area contributed by atoms with Crippen LogP contribution in [-0.4, -0.2) is 24.1 Å². The fourth-order valence-electron chi connectivity index (χ4n) is 2.09. The van der Waals surface area contributed by atoms with Gasteiger partial charge in [0.15, 0.2) is 11.5 Å². The molecule has 1 N–H and O–H groups in total. The summed E-state index contributed by atoms with van der Waals surface area (Å²) >= 11 is 0. The Labute approximate surface area is 137 Å². The highest BCUT2D eigenvalue weighted by atomic mass is 19.3. The zero-order valence-electron chi connectivity index (χ0n) is 12.7. The van der Waals surface area contributed by atoms with Gasteiger partial charge in [-0.2, -0.15) is 8.78 Å². The van der Waals surface area contributed by atoms with Crippen molar-refractivity contribution >= 4 is 11.6 Å². The molecule has 1 heterocycles. The first kappa shape index (κ1) is 16.2. The summed E-state index contributed by atoms with van der Waals surface area (Å²) in [5.41, 5.74) is 0.877. The molecule has 0 bridgehead atoms. The second-order valence-electron chi connectivity index (χ2n) is 5.48. The Morgan fingerprint density at radius 1 is 1.21 bits per heavy atom. The summed E-state index contributed by atoms with van der Waals surface area (Å²) in [7, 11) is 0. The van der Waals surface area contributed by atoms with Crippen LogP contribution in [0.25, 0.3) is 0 Å². The van der Waals surface area contributed by atoms with Gasteiger partial charge in [0.25, 0.3) is 5.91 Å². The van der Waals surface area contributed by atoms with E-state index in [2.05, 4.69) is 15.0 Å². The van der Waals surface area contributed by atoms with Gasteiger partial charge in [-0.3, -0.25) is 9.78 Å². The highest BCUT2D eigenvalue weighted by molar-refractivity contribution is 6.04. The molecule has 0 radical (unpaired) electrons. The normalized spacial score (nSPS) is 13.6. The van der Waals surface area contributed by atoms with Gasteiger partial charge in [-0.1, -0.05) is 0 Å². The van der Waals surface area contributed by atoms with Gasteiger partial charge in [-0.25, -0.2) is 0 Å². The first-order chi connectivity index (χ1) is 11.6. The van der Waals surface area contributed by atoms with E-state index in [4.69, 9.17) is 4.74 Å². The van der Waals surface area contributed by atoms with Gasteiger partial charge in [-0.15, -0.1) is 0 Å². The maximum absolute atomic E-state index is 12.5. The van der Waals surface area contributed by atoms with Gasteiger partial charge in [0.05, 0.1) is 6.61 Å². The second-order valence-corrected chi connectivity index (χ2v) is 5.48. The summed E-state index contributed by atoms with van der Waals surface area (Å²) in [6, 6.07) is 7.44. The molecule has 0 aliphatic heterocycles. The van der Waals surface area contributed by atoms with Gasteiger partial charge in [0.2, 0.25) is 0 Å². The van der Waals surface area contributed by atoms with Crippen molar-refractivity contribution in [3.05, 3.63) is 48.3 Å². The van der Waals surface area contributed by atoms with Gasteiger partial charge >= 0.3 is 6.61 Å². The molecular weight excluding hydrogens is 318 g/mol. The number of ether oxygens (including phenoxy) is 2. The Morgan fingerprint density at radius 2 is 1.96 bits per heavy atom. The third kappa shape index (κ3) is 4.41. The minimum Gasteiger partial charge on any atom is -0.489 e. The summed E-state index contributed by atoms with van der Waals surface area (Å²) in [6.07, 6.45) is 5.24. The lowest BCUT2D eigenvalue weighted by atomic mass is 10.2. The van der Waals surface area contributed by atoms with E-state index in [1.807, 2.05) is 0 Å². The minimum absolute atomic E-state index is 0.0777. The predicted octanol–water partition coefficient (Wildman–Crippen LogP) is 3.72. The number of anilines is 1. The van der Waals surface area contributed by atoms with Crippen molar-refractivity contribution in [1.29, 1.82) is 0 Å². The molecule has 1 aromatic heterocycles. The lowest BCUT2D eigenvalue weighted by Crippen LogP contribution is -2.13. The summed E-state index contributed by atoms with van der Waals surface area (Å²) in [6.45, 7) is -2.53. The zero-order valence-corrected chi connectivity index (χ0v) is 12.7. The molecule has 1 saturated carbocycles. The number of nitrogens with zero attached hydrogens (tertiary/aromatic N) is 1. The van der Waals surface area contributed by atoms with E-state index in [1.165, 1.54) is 18.2 Å². The SMILES string of the molecule is O=C(Nc1ccncc1)c1ccc(OC(F)F)c(OCC2CC2)c1. The monoisotopic (exact) mass is 334 g/mol.